The van der Waals surface area contributed by atoms with E-state index in [1.165, 1.54) is 9.47 Å². The molecule has 0 rings (SSSR count). The van der Waals surface area contributed by atoms with Crippen LogP contribution < -0.4 is 0 Å². The fourth-order valence-electron chi connectivity index (χ4n) is 0.820. The summed E-state index contributed by atoms with van der Waals surface area (Å²) in [7, 11) is 0. The summed E-state index contributed by atoms with van der Waals surface area (Å²) in [5, 5.41) is 0. The Morgan fingerprint density at radius 2 is 0.786 bits per heavy atom. The predicted molar refractivity (Wildman–Crippen MR) is 45.1 cm³/mol. The molecule has 0 saturated heterocycles. The fraction of sp³-hybridized carbons (Fsp3) is 0.875. The van der Waals surface area contributed by atoms with Crippen LogP contribution >= 0.6 is 0 Å². The minimum absolute atomic E-state index is 1.48. The van der Waals surface area contributed by atoms with Crippen LogP contribution in [0.25, 0.3) is 0 Å². The first-order valence-electron chi connectivity index (χ1n) is 5.45. The molecular weight excluding hydrogens is 464 g/mol. The van der Waals surface area contributed by atoms with Gasteiger partial charge in [-0.15, -0.1) is 0 Å². The Hall–Kier alpha value is -1.73. The monoisotopic (exact) mass is 464 g/mol. The minimum atomic E-state index is -7.44. The fourth-order valence-corrected chi connectivity index (χ4v) is 0.820. The third-order valence-electron chi connectivity index (χ3n) is 1.98. The van der Waals surface area contributed by atoms with Gasteiger partial charge in [0, 0.05) is 0 Å². The molecule has 0 aliphatic rings. The van der Waals surface area contributed by atoms with E-state index in [0.717, 1.165) is 0 Å². The highest BCUT2D eigenvalue weighted by molar-refractivity contribution is 5.75. The van der Waals surface area contributed by atoms with Gasteiger partial charge in [0.15, 0.2) is 0 Å². The van der Waals surface area contributed by atoms with E-state index >= 15 is 0 Å². The summed E-state index contributed by atoms with van der Waals surface area (Å²) in [5.41, 5.74) is 0. The molecule has 168 valence electrons. The molecule has 0 fully saturated rings. The molecule has 0 atom stereocenters. The van der Waals surface area contributed by atoms with Crippen molar-refractivity contribution < 1.29 is 89.3 Å². The van der Waals surface area contributed by atoms with Gasteiger partial charge in [0.2, 0.25) is 0 Å². The summed E-state index contributed by atoms with van der Waals surface area (Å²) in [4.78, 5) is 10.1. The molecule has 0 N–H and O–H groups in total. The van der Waals surface area contributed by atoms with Gasteiger partial charge in [0.1, 0.15) is 0 Å². The van der Waals surface area contributed by atoms with E-state index in [1.807, 2.05) is 0 Å². The highest BCUT2D eigenvalue weighted by Gasteiger charge is 2.77. The summed E-state index contributed by atoms with van der Waals surface area (Å²) >= 11 is 0. The molecule has 0 saturated carbocycles. The number of carbonyl (C=O) groups excluding carboxylic acids is 1. The second kappa shape index (κ2) is 6.95. The summed E-state index contributed by atoms with van der Waals surface area (Å²) in [6.45, 7) is 0. The topological polar surface area (TPSA) is 44.8 Å². The van der Waals surface area contributed by atoms with Crippen molar-refractivity contribution in [2.45, 2.75) is 42.9 Å². The van der Waals surface area contributed by atoms with Crippen molar-refractivity contribution in [1.82, 2.24) is 0 Å². The molecule has 0 radical (unpaired) electrons. The first kappa shape index (κ1) is 26.3. The zero-order valence-electron chi connectivity index (χ0n) is 11.7. The van der Waals surface area contributed by atoms with Crippen LogP contribution in [-0.2, 0) is 19.0 Å². The van der Waals surface area contributed by atoms with Gasteiger partial charge in [-0.05, 0) is 0 Å². The minimum Gasteiger partial charge on any atom is -0.388 e. The van der Waals surface area contributed by atoms with Gasteiger partial charge in [0.05, 0.1) is 0 Å². The van der Waals surface area contributed by atoms with Crippen LogP contribution in [0.15, 0.2) is 0 Å². The van der Waals surface area contributed by atoms with E-state index in [9.17, 15) is 75.0 Å². The van der Waals surface area contributed by atoms with E-state index in [4.69, 9.17) is 0 Å². The molecule has 0 spiro atoms. The van der Waals surface area contributed by atoms with Crippen LogP contribution in [0.4, 0.5) is 70.2 Å². The normalized spacial score (nSPS) is 15.6. The van der Waals surface area contributed by atoms with Crippen LogP contribution in [-0.4, -0.2) is 48.9 Å². The van der Waals surface area contributed by atoms with Crippen LogP contribution in [0.2, 0.25) is 0 Å². The Kier molecular flexibility index (Phi) is 6.52. The van der Waals surface area contributed by atoms with Crippen LogP contribution in [0.1, 0.15) is 0 Å². The first-order chi connectivity index (χ1) is 11.8. The molecule has 0 aliphatic heterocycles. The van der Waals surface area contributed by atoms with Gasteiger partial charge < -0.3 is 4.74 Å². The van der Waals surface area contributed by atoms with Gasteiger partial charge in [-0.1, -0.05) is 0 Å². The maximum atomic E-state index is 13.6. The molecule has 4 nitrogen and oxygen atoms in total. The lowest BCUT2D eigenvalue weighted by Gasteiger charge is -2.36. The number of hydrogen-bond acceptors (Lipinski definition) is 4. The van der Waals surface area contributed by atoms with Crippen molar-refractivity contribution in [3.05, 3.63) is 0 Å². The van der Waals surface area contributed by atoms with Crippen molar-refractivity contribution in [2.24, 2.45) is 0 Å². The summed E-state index contributed by atoms with van der Waals surface area (Å²) in [5.74, 6) is -4.32. The Bertz CT molecular complexity index is 543. The van der Waals surface area contributed by atoms with Crippen LogP contribution in [0.5, 0.6) is 0 Å². The lowest BCUT2D eigenvalue weighted by atomic mass is 10.4. The van der Waals surface area contributed by atoms with Gasteiger partial charge in [-0.2, -0.15) is 70.2 Å². The van der Waals surface area contributed by atoms with Gasteiger partial charge in [-0.25, -0.2) is 14.3 Å². The predicted octanol–water partition coefficient (Wildman–Crippen LogP) is 4.65. The maximum Gasteiger partial charge on any atom is 0.491 e. The first-order valence-corrected chi connectivity index (χ1v) is 5.45. The zero-order valence-corrected chi connectivity index (χ0v) is 11.7. The number of carbonyl (C=O) groups is 1. The summed E-state index contributed by atoms with van der Waals surface area (Å²) in [6.07, 6.45) is -43.3. The SMILES string of the molecule is O=C(OC(F)(F)C(F)(OC(F)(F)C(F)(F)F)OC(F)(F)C(F)(F)F)C(F)(F)F. The van der Waals surface area contributed by atoms with Crippen molar-refractivity contribution in [2.75, 3.05) is 0 Å². The number of alkyl halides is 16. The molecule has 0 aromatic carbocycles. The van der Waals surface area contributed by atoms with Gasteiger partial charge in [-0.3, -0.25) is 0 Å². The maximum absolute atomic E-state index is 13.6. The number of halogens is 16. The van der Waals surface area contributed by atoms with E-state index in [-0.39, 0.29) is 0 Å². The Morgan fingerprint density at radius 3 is 1.00 bits per heavy atom. The van der Waals surface area contributed by atoms with E-state index in [2.05, 4.69) is 0 Å². The van der Waals surface area contributed by atoms with Crippen molar-refractivity contribution in [1.29, 1.82) is 0 Å². The molecule has 0 unspecified atom stereocenters. The second-order valence-corrected chi connectivity index (χ2v) is 4.17. The molecular formula is C8F16O4. The van der Waals surface area contributed by atoms with E-state index in [1.54, 1.807) is 4.74 Å². The highest BCUT2D eigenvalue weighted by atomic mass is 19.4. The zero-order chi connectivity index (χ0) is 23.2. The van der Waals surface area contributed by atoms with Crippen molar-refractivity contribution >= 4 is 5.97 Å². The average Bonchev–Trinajstić information content (AvgIpc) is 2.32. The Morgan fingerprint density at radius 1 is 0.500 bits per heavy atom. The standard InChI is InChI=1S/C8F16O4/c9-2(10,11)1(25)26-7(22,23)8(24,27-5(18,19)3(12,13)14)28-6(20,21)4(15,16)17. The second-order valence-electron chi connectivity index (χ2n) is 4.17. The molecule has 0 aromatic heterocycles. The molecule has 20 heteroatoms. The van der Waals surface area contributed by atoms with Crippen molar-refractivity contribution in [3.8, 4) is 0 Å². The smallest absolute Gasteiger partial charge is 0.388 e. The van der Waals surface area contributed by atoms with Gasteiger partial charge >= 0.3 is 48.9 Å². The average molecular weight is 464 g/mol. The van der Waals surface area contributed by atoms with Crippen LogP contribution in [0.3, 0.4) is 0 Å². The van der Waals surface area contributed by atoms with E-state index < -0.39 is 48.9 Å². The third kappa shape index (κ3) is 5.64. The highest BCUT2D eigenvalue weighted by Crippen LogP contribution is 2.50. The molecule has 0 amide bonds. The largest absolute Gasteiger partial charge is 0.491 e. The summed E-state index contributed by atoms with van der Waals surface area (Å²) < 4.78 is 201. The van der Waals surface area contributed by atoms with Gasteiger partial charge in [0.25, 0.3) is 0 Å². The Balaban J connectivity index is 6.29. The summed E-state index contributed by atoms with van der Waals surface area (Å²) in [6, 6.07) is -7.44. The lowest BCUT2D eigenvalue weighted by Crippen LogP contribution is -2.61. The third-order valence-corrected chi connectivity index (χ3v) is 1.98. The van der Waals surface area contributed by atoms with E-state index in [0.29, 0.717) is 0 Å². The molecule has 0 aromatic rings. The quantitative estimate of drug-likeness (QED) is 0.326. The number of rotatable bonds is 6. The molecule has 0 bridgehead atoms. The number of hydrogen-bond donors (Lipinski definition) is 0. The molecule has 28 heavy (non-hydrogen) atoms. The number of esters is 1. The Labute approximate surface area is 139 Å². The lowest BCUT2D eigenvalue weighted by molar-refractivity contribution is -0.580. The molecule has 0 heterocycles. The van der Waals surface area contributed by atoms with Crippen molar-refractivity contribution in [3.63, 3.8) is 0 Å². The number of ether oxygens (including phenoxy) is 3. The van der Waals surface area contributed by atoms with Crippen LogP contribution in [0, 0.1) is 0 Å². The molecule has 0 aliphatic carbocycles.